The molecule has 0 unspecified atom stereocenters. The molecule has 19 amide bonds. The van der Waals surface area contributed by atoms with Gasteiger partial charge in [-0.15, -0.1) is 0 Å². The fourth-order valence-corrected chi connectivity index (χ4v) is 18.2. The Morgan fingerprint density at radius 1 is 0.464 bits per heavy atom. The van der Waals surface area contributed by atoms with Crippen LogP contribution in [0.5, 0.6) is 0 Å². The number of ether oxygens (including phenoxy) is 1. The highest BCUT2D eigenvalue weighted by Crippen LogP contribution is 2.25. The minimum atomic E-state index is -2.97. The molecule has 4 aliphatic rings. The van der Waals surface area contributed by atoms with Crippen molar-refractivity contribution < 1.29 is 140 Å². The van der Waals surface area contributed by atoms with Gasteiger partial charge in [-0.3, -0.25) is 95.9 Å². The lowest BCUT2D eigenvalue weighted by molar-refractivity contribution is -0.886. The van der Waals surface area contributed by atoms with Crippen molar-refractivity contribution in [2.75, 3.05) is 78.3 Å². The minimum Gasteiger partial charge on any atom is -0.480 e. The van der Waals surface area contributed by atoms with Gasteiger partial charge in [0.2, 0.25) is 106 Å². The zero-order chi connectivity index (χ0) is 105. The Bertz CT molecular complexity index is 4580. The third kappa shape index (κ3) is 36.5. The molecule has 6 bridgehead atoms. The van der Waals surface area contributed by atoms with Gasteiger partial charge in [0.1, 0.15) is 103 Å². The van der Waals surface area contributed by atoms with E-state index < -0.39 is 340 Å². The lowest BCUT2D eigenvalue weighted by atomic mass is 9.95. The van der Waals surface area contributed by atoms with Crippen LogP contribution in [-0.4, -0.2) is 375 Å². The number of rotatable bonds is 19. The number of methoxy groups -OCH3 is 1. The van der Waals surface area contributed by atoms with Crippen LogP contribution in [-0.2, 0) is 117 Å². The molecule has 4 saturated heterocycles. The van der Waals surface area contributed by atoms with Gasteiger partial charge in [-0.2, -0.15) is 35.3 Å². The van der Waals surface area contributed by atoms with E-state index in [9.17, 15) is 78.3 Å². The van der Waals surface area contributed by atoms with Crippen LogP contribution in [0.3, 0.4) is 0 Å². The van der Waals surface area contributed by atoms with E-state index in [1.165, 1.54) is 55.4 Å². The van der Waals surface area contributed by atoms with Crippen molar-refractivity contribution in [1.29, 1.82) is 0 Å². The Hall–Kier alpha value is -11.6. The van der Waals surface area contributed by atoms with Gasteiger partial charge in [0.25, 0.3) is 5.91 Å². The van der Waals surface area contributed by atoms with E-state index in [0.717, 1.165) is 21.0 Å². The molecule has 5 rings (SSSR count). The highest BCUT2D eigenvalue weighted by Gasteiger charge is 2.46. The second-order valence-electron chi connectivity index (χ2n) is 36.6. The maximum Gasteiger partial charge on any atom is 0.335 e. The number of thioether (sulfide) groups is 3. The van der Waals surface area contributed by atoms with Gasteiger partial charge in [-0.25, -0.2) is 9.59 Å². The van der Waals surface area contributed by atoms with E-state index in [1.54, 1.807) is 72.2 Å². The molecule has 0 spiro atoms. The van der Waals surface area contributed by atoms with Crippen LogP contribution >= 0.6 is 35.3 Å². The van der Waals surface area contributed by atoms with Crippen molar-refractivity contribution in [3.05, 3.63) is 35.9 Å². The summed E-state index contributed by atoms with van der Waals surface area (Å²) >= 11 is 1.82. The van der Waals surface area contributed by atoms with Crippen molar-refractivity contribution in [2.45, 2.75) is 278 Å². The number of carboxylic acids is 2. The number of carboxylic acid groups (broad SMARTS) is 2. The first-order valence-electron chi connectivity index (χ1n) is 46.3. The topological polar surface area (TPSA) is 727 Å². The molecule has 782 valence electrons. The summed E-state index contributed by atoms with van der Waals surface area (Å²) in [6.45, 7) is 14.1. The molecule has 0 aromatic heterocycles. The second kappa shape index (κ2) is 56.7. The lowest BCUT2D eigenvalue weighted by Crippen LogP contribution is -2.64. The number of fused-ring (bicyclic) bond motifs is 21. The number of benzene rings is 1. The third-order valence-corrected chi connectivity index (χ3v) is 28.0. The van der Waals surface area contributed by atoms with Crippen molar-refractivity contribution in [3.8, 4) is 0 Å². The van der Waals surface area contributed by atoms with Crippen LogP contribution in [0.1, 0.15) is 141 Å². The Labute approximate surface area is 823 Å². The molecule has 0 saturated carbocycles. The minimum absolute atomic E-state index is 0.0472. The van der Waals surface area contributed by atoms with Crippen molar-refractivity contribution in [3.63, 3.8) is 0 Å². The third-order valence-electron chi connectivity index (χ3n) is 24.1. The zero-order valence-electron chi connectivity index (χ0n) is 81.6. The number of esters is 1. The lowest BCUT2D eigenvalue weighted by Gasteiger charge is -2.34. The van der Waals surface area contributed by atoms with Gasteiger partial charge >= 0.3 is 17.9 Å². The average molecular weight is 2040 g/mol. The molecule has 52 heteroatoms. The number of likely N-dealkylation sites (N-methyl/N-ethyl adjacent to an activating group) is 1. The quantitative estimate of drug-likeness (QED) is 0.0347. The van der Waals surface area contributed by atoms with Gasteiger partial charge in [0.15, 0.2) is 12.1 Å². The molecule has 25 atom stereocenters. The first-order chi connectivity index (χ1) is 65.7. The van der Waals surface area contributed by atoms with E-state index in [-0.39, 0.29) is 56.0 Å². The predicted octanol–water partition coefficient (Wildman–Crippen LogP) is -8.76. The number of aliphatic hydroxyl groups is 3. The maximum atomic E-state index is 16.1. The van der Waals surface area contributed by atoms with Gasteiger partial charge in [-0.1, -0.05) is 119 Å². The molecular weight excluding hydrogens is 1900 g/mol. The van der Waals surface area contributed by atoms with E-state index in [4.69, 9.17) is 4.74 Å². The number of carbonyl (C=O) groups excluding carboxylic acids is 20. The molecule has 4 heterocycles. The Morgan fingerprint density at radius 2 is 0.900 bits per heavy atom. The second-order valence-corrected chi connectivity index (χ2v) is 40.9. The van der Waals surface area contributed by atoms with Crippen molar-refractivity contribution in [1.82, 2.24) is 106 Å². The SMILES string of the molecule is CC[C@H](C)[C@@H]1NC(=O)CNC(=O)[C@H](Cc2ccccc2)NC(=O)[C@@H]2CNCCCC[C@@H](C(=O)O)NC(=O)[C@@H]3NC(=O)[C@H]([C@@H](C)O)NC(=O)CNC(=O)[C@H]([C@@H](O)C(=O)O)NC(=O)[C@@H]4CS[C@@H](C)[C@@H](NC(=O)[C@H](CO)NC(=O)[C@H](C)NC(=O)[C@@H](NC(=O)[C@H](CCC(=O)OC)[N+](C)(C)C)CS[C@H]3C)C(=O)N[C@@H](CS[C@@H](C)[C@@H](NC(=O)[C@H](C(C)C)NC1=O)C(=O)N[C@@H]([C@@H](C)CC)C(=O)N[C@@H](C(C)C)C(=O)N4)C(=O)N2. The Balaban J connectivity index is 2.00. The Morgan fingerprint density at radius 3 is 1.40 bits per heavy atom. The average Bonchev–Trinajstić information content (AvgIpc) is 0.839. The number of nitrogens with zero attached hydrogens (tertiary/aromatic N) is 1. The van der Waals surface area contributed by atoms with Gasteiger partial charge in [0.05, 0.1) is 60.5 Å². The summed E-state index contributed by atoms with van der Waals surface area (Å²) in [6.07, 6.45) is -6.04. The number of hydrogen-bond donors (Lipinski definition) is 25. The largest absolute Gasteiger partial charge is 0.480 e. The molecule has 25 N–H and O–H groups in total. The summed E-state index contributed by atoms with van der Waals surface area (Å²) < 4.78 is 4.64. The van der Waals surface area contributed by atoms with E-state index in [0.29, 0.717) is 40.8 Å². The summed E-state index contributed by atoms with van der Waals surface area (Å²) in [5, 5.41) is 100. The molecule has 0 aliphatic carbocycles. The van der Waals surface area contributed by atoms with Crippen LogP contribution < -0.4 is 106 Å². The van der Waals surface area contributed by atoms with E-state index in [2.05, 4.69) is 95.7 Å². The number of nitrogens with one attached hydrogen (secondary N) is 20. The van der Waals surface area contributed by atoms with Gasteiger partial charge in [0, 0.05) is 52.4 Å². The van der Waals surface area contributed by atoms with Crippen LogP contribution in [0.4, 0.5) is 0 Å². The van der Waals surface area contributed by atoms with Crippen LogP contribution in [0.2, 0.25) is 0 Å². The number of hydrogen-bond acceptors (Lipinski definition) is 30. The number of quaternary nitrogens is 1. The standard InChI is InChI=1S/C88H139N21O28S3/c1-18-41(7)62-81(127)103-61(40(5)6)80(126)106-67-47(13)139-37-54-75(121)95-51(72(118)94-50(31-48-25-21-20-22-26-48)71(117)90-33-57(112)100-62)32-89-30-24-23-27-49(87(133)134)93-84(130)66-46(12)138-36-53(97-77(123)56(109(14,15)16)28-29-59(114)137-17)74(120)92-43(9)70(116)96-52(35-110)73(119)105-65(85(131)99-54)45(11)140-38-55(98-79(125)60(39(3)4)102-82(128)63(42(8)19-2)104-86(67)132)76(122)108-68(69(115)88(135)136)78(124)91-34-58(113)101-64(44(10)111)83(129)107-66/h20-22,25-26,39-47,49-56,60-69,89,110-111,115H,18-19,23-24,27-38H2,1-17H3,(H20-,90,91,92,93,94,95,96,97,98,99,100,101,102,103,104,105,106,107,108,112,113,116,117,118,119,120,121,122,123,124,125,126,127,128,129,130,131,132,133,134,135,136)/p+1/t41-,42-,43-,44+,45-,46-,47-,49-,50-,51-,52-,53-,54-,55-,56-,60-,61-,62-,63-,64-,65+,66+,67+,68-,69+/m0/s1. The Kier molecular flexibility index (Phi) is 48.2. The highest BCUT2D eigenvalue weighted by molar-refractivity contribution is 8.00. The van der Waals surface area contributed by atoms with Crippen molar-refractivity contribution in [2.24, 2.45) is 23.7 Å². The van der Waals surface area contributed by atoms with Crippen molar-refractivity contribution >= 4 is 165 Å². The molecule has 140 heavy (non-hydrogen) atoms. The van der Waals surface area contributed by atoms with Gasteiger partial charge < -0.3 is 141 Å². The molecule has 49 nitrogen and oxygen atoms in total. The fraction of sp³-hybridized carbons (Fsp3) is 0.682. The summed E-state index contributed by atoms with van der Waals surface area (Å²) in [6, 6.07) is -26.0. The number of carbonyl (C=O) groups is 22. The monoisotopic (exact) mass is 2030 g/mol. The molecule has 4 fully saturated rings. The smallest absolute Gasteiger partial charge is 0.335 e. The molecule has 4 aliphatic heterocycles. The molecule has 1 aromatic carbocycles. The summed E-state index contributed by atoms with van der Waals surface area (Å²) in [5.74, 6) is -33.7. The summed E-state index contributed by atoms with van der Waals surface area (Å²) in [7, 11) is 5.86. The molecule has 0 radical (unpaired) electrons. The number of aliphatic carboxylic acids is 2. The summed E-state index contributed by atoms with van der Waals surface area (Å²) in [4.78, 5) is 325. The first-order valence-corrected chi connectivity index (χ1v) is 49.4. The maximum absolute atomic E-state index is 16.1. The zero-order valence-corrected chi connectivity index (χ0v) is 84.0. The highest BCUT2D eigenvalue weighted by atomic mass is 32.2. The molecular formula is C88H140N21O28S3+. The van der Waals surface area contributed by atoms with Crippen LogP contribution in [0.15, 0.2) is 30.3 Å². The van der Waals surface area contributed by atoms with Crippen LogP contribution in [0, 0.1) is 23.7 Å². The normalized spacial score (nSPS) is 29.5. The fourth-order valence-electron chi connectivity index (χ4n) is 14.9. The van der Waals surface area contributed by atoms with E-state index >= 15 is 52.7 Å². The molecule has 1 aromatic rings. The van der Waals surface area contributed by atoms with E-state index in [1.807, 2.05) is 10.6 Å². The summed E-state index contributed by atoms with van der Waals surface area (Å²) in [5.41, 5.74) is 0.431. The number of aliphatic hydroxyl groups excluding tert-OH is 3. The number of amides is 19. The predicted molar refractivity (Wildman–Crippen MR) is 509 cm³/mol. The first kappa shape index (κ1) is 119. The van der Waals surface area contributed by atoms with Crippen LogP contribution in [0.25, 0.3) is 0 Å². The van der Waals surface area contributed by atoms with Gasteiger partial charge in [-0.05, 0) is 68.9 Å².